The number of carbonyl (C=O) groups is 2. The van der Waals surface area contributed by atoms with Crippen LogP contribution < -0.4 is 10.2 Å². The van der Waals surface area contributed by atoms with Gasteiger partial charge in [0, 0.05) is 37.4 Å². The van der Waals surface area contributed by atoms with Crippen LogP contribution in [0.2, 0.25) is 0 Å². The van der Waals surface area contributed by atoms with Crippen LogP contribution in [0.4, 0.5) is 10.1 Å². The Kier molecular flexibility index (Phi) is 6.54. The van der Waals surface area contributed by atoms with E-state index < -0.39 is 5.82 Å². The van der Waals surface area contributed by atoms with Crippen molar-refractivity contribution in [3.8, 4) is 0 Å². The van der Waals surface area contributed by atoms with E-state index in [1.54, 1.807) is 30.3 Å². The van der Waals surface area contributed by atoms with E-state index in [0.29, 0.717) is 30.8 Å². The molecule has 1 fully saturated rings. The zero-order valence-corrected chi connectivity index (χ0v) is 18.0. The van der Waals surface area contributed by atoms with Gasteiger partial charge in [-0.15, -0.1) is 0 Å². The number of furan rings is 1. The van der Waals surface area contributed by atoms with Gasteiger partial charge >= 0.3 is 0 Å². The summed E-state index contributed by atoms with van der Waals surface area (Å²) in [7, 11) is 1.76. The largest absolute Gasteiger partial charge is 0.467 e. The van der Waals surface area contributed by atoms with Gasteiger partial charge in [0.25, 0.3) is 11.8 Å². The van der Waals surface area contributed by atoms with Gasteiger partial charge in [-0.1, -0.05) is 18.2 Å². The molecule has 166 valence electrons. The number of nitrogens with one attached hydrogen (secondary N) is 1. The Hall–Kier alpha value is -3.61. The molecule has 1 aliphatic heterocycles. The second kappa shape index (κ2) is 9.68. The first-order valence-corrected chi connectivity index (χ1v) is 10.7. The summed E-state index contributed by atoms with van der Waals surface area (Å²) in [6.07, 6.45) is 3.08. The quantitative estimate of drug-likeness (QED) is 0.633. The molecule has 0 bridgehead atoms. The van der Waals surface area contributed by atoms with Crippen molar-refractivity contribution >= 4 is 17.5 Å². The SMILES string of the molecule is CN(Cc1ccco1)C(=O)c1ccccc1N1CCC(NC(=O)c2cccc(F)c2)CC1. The molecule has 0 unspecified atom stereocenters. The molecule has 7 heteroatoms. The van der Waals surface area contributed by atoms with Gasteiger partial charge in [-0.3, -0.25) is 9.59 Å². The maximum absolute atomic E-state index is 13.4. The third-order valence-electron chi connectivity index (χ3n) is 5.71. The highest BCUT2D eigenvalue weighted by molar-refractivity contribution is 5.99. The Balaban J connectivity index is 1.38. The van der Waals surface area contributed by atoms with Crippen molar-refractivity contribution in [2.45, 2.75) is 25.4 Å². The van der Waals surface area contributed by atoms with Crippen LogP contribution in [0.15, 0.2) is 71.3 Å². The molecule has 1 aromatic heterocycles. The standard InChI is InChI=1S/C25H26FN3O3/c1-28(17-21-8-5-15-32-21)25(31)22-9-2-3-10-23(22)29-13-11-20(12-14-29)27-24(30)18-6-4-7-19(26)16-18/h2-10,15-16,20H,11-14,17H2,1H3,(H,27,30). The minimum absolute atomic E-state index is 0.00603. The Bertz CT molecular complexity index is 1080. The maximum atomic E-state index is 13.4. The van der Waals surface area contributed by atoms with E-state index in [1.807, 2.05) is 30.3 Å². The van der Waals surface area contributed by atoms with Gasteiger partial charge in [-0.25, -0.2) is 4.39 Å². The zero-order valence-electron chi connectivity index (χ0n) is 18.0. The minimum atomic E-state index is -0.425. The van der Waals surface area contributed by atoms with Crippen molar-refractivity contribution in [3.63, 3.8) is 0 Å². The fourth-order valence-electron chi connectivity index (χ4n) is 4.01. The molecule has 0 saturated carbocycles. The van der Waals surface area contributed by atoms with Crippen LogP contribution in [0.3, 0.4) is 0 Å². The normalized spacial score (nSPS) is 14.2. The molecule has 32 heavy (non-hydrogen) atoms. The molecular formula is C25H26FN3O3. The Morgan fingerprint density at radius 2 is 1.88 bits per heavy atom. The molecule has 6 nitrogen and oxygen atoms in total. The second-order valence-electron chi connectivity index (χ2n) is 8.00. The van der Waals surface area contributed by atoms with Crippen LogP contribution in [0, 0.1) is 5.82 Å². The molecule has 0 atom stereocenters. The van der Waals surface area contributed by atoms with Crippen LogP contribution >= 0.6 is 0 Å². The first-order chi connectivity index (χ1) is 15.5. The van der Waals surface area contributed by atoms with Crippen LogP contribution in [0.1, 0.15) is 39.3 Å². The monoisotopic (exact) mass is 435 g/mol. The predicted molar refractivity (Wildman–Crippen MR) is 120 cm³/mol. The number of piperidine rings is 1. The number of amides is 2. The van der Waals surface area contributed by atoms with Crippen molar-refractivity contribution in [2.24, 2.45) is 0 Å². The molecule has 0 radical (unpaired) electrons. The number of halogens is 1. The van der Waals surface area contributed by atoms with E-state index in [1.165, 1.54) is 18.2 Å². The highest BCUT2D eigenvalue weighted by Gasteiger charge is 2.25. The lowest BCUT2D eigenvalue weighted by atomic mass is 10.0. The van der Waals surface area contributed by atoms with Crippen molar-refractivity contribution in [2.75, 3.05) is 25.0 Å². The van der Waals surface area contributed by atoms with Gasteiger partial charge in [0.2, 0.25) is 0 Å². The summed E-state index contributed by atoms with van der Waals surface area (Å²) in [5, 5.41) is 3.00. The van der Waals surface area contributed by atoms with E-state index in [0.717, 1.165) is 24.3 Å². The number of rotatable bonds is 6. The molecule has 1 N–H and O–H groups in total. The maximum Gasteiger partial charge on any atom is 0.256 e. The van der Waals surface area contributed by atoms with Crippen molar-refractivity contribution in [1.29, 1.82) is 0 Å². The van der Waals surface area contributed by atoms with Crippen LogP contribution in [0.25, 0.3) is 0 Å². The summed E-state index contributed by atoms with van der Waals surface area (Å²) in [5.41, 5.74) is 1.85. The third-order valence-corrected chi connectivity index (χ3v) is 5.71. The number of anilines is 1. The van der Waals surface area contributed by atoms with Crippen molar-refractivity contribution < 1.29 is 18.4 Å². The fraction of sp³-hybridized carbons (Fsp3) is 0.280. The molecule has 0 aliphatic carbocycles. The summed E-state index contributed by atoms with van der Waals surface area (Å²) >= 11 is 0. The molecule has 1 aliphatic rings. The van der Waals surface area contributed by atoms with Crippen LogP contribution in [-0.2, 0) is 6.54 Å². The van der Waals surface area contributed by atoms with E-state index in [2.05, 4.69) is 10.2 Å². The molecule has 1 saturated heterocycles. The third kappa shape index (κ3) is 4.99. The molecule has 0 spiro atoms. The molecule has 3 aromatic rings. The molecular weight excluding hydrogens is 409 g/mol. The first-order valence-electron chi connectivity index (χ1n) is 10.7. The topological polar surface area (TPSA) is 65.8 Å². The number of benzene rings is 2. The van der Waals surface area contributed by atoms with Gasteiger partial charge in [0.15, 0.2) is 0 Å². The van der Waals surface area contributed by atoms with Gasteiger partial charge < -0.3 is 19.5 Å². The number of hydrogen-bond acceptors (Lipinski definition) is 4. The number of carbonyl (C=O) groups excluding carboxylic acids is 2. The molecule has 2 amide bonds. The van der Waals surface area contributed by atoms with Gasteiger partial charge in [0.05, 0.1) is 18.4 Å². The summed E-state index contributed by atoms with van der Waals surface area (Å²) in [6.45, 7) is 1.81. The van der Waals surface area contributed by atoms with E-state index in [9.17, 15) is 14.0 Å². The lowest BCUT2D eigenvalue weighted by Crippen LogP contribution is -2.45. The van der Waals surface area contributed by atoms with Gasteiger partial charge in [-0.05, 0) is 55.3 Å². The summed E-state index contributed by atoms with van der Waals surface area (Å²) in [5.74, 6) is -0.0319. The smallest absolute Gasteiger partial charge is 0.256 e. The molecule has 2 aromatic carbocycles. The Labute approximate surface area is 186 Å². The summed E-state index contributed by atoms with van der Waals surface area (Å²) in [6, 6.07) is 16.9. The second-order valence-corrected chi connectivity index (χ2v) is 8.00. The number of nitrogens with zero attached hydrogens (tertiary/aromatic N) is 2. The number of hydrogen-bond donors (Lipinski definition) is 1. The van der Waals surface area contributed by atoms with E-state index in [4.69, 9.17) is 4.42 Å². The van der Waals surface area contributed by atoms with E-state index in [-0.39, 0.29) is 17.9 Å². The average molecular weight is 435 g/mol. The summed E-state index contributed by atoms with van der Waals surface area (Å²) < 4.78 is 18.7. The van der Waals surface area contributed by atoms with Crippen molar-refractivity contribution in [3.05, 3.63) is 89.6 Å². The molecule has 2 heterocycles. The van der Waals surface area contributed by atoms with Gasteiger partial charge in [0.1, 0.15) is 11.6 Å². The Morgan fingerprint density at radius 1 is 1.09 bits per heavy atom. The van der Waals surface area contributed by atoms with Crippen LogP contribution in [0.5, 0.6) is 0 Å². The predicted octanol–water partition coefficient (Wildman–Crippen LogP) is 4.09. The van der Waals surface area contributed by atoms with Gasteiger partial charge in [-0.2, -0.15) is 0 Å². The lowest BCUT2D eigenvalue weighted by molar-refractivity contribution is 0.0776. The Morgan fingerprint density at radius 3 is 2.59 bits per heavy atom. The highest BCUT2D eigenvalue weighted by Crippen LogP contribution is 2.26. The first kappa shape index (κ1) is 21.6. The number of para-hydroxylation sites is 1. The zero-order chi connectivity index (χ0) is 22.5. The van der Waals surface area contributed by atoms with E-state index >= 15 is 0 Å². The molecule has 4 rings (SSSR count). The fourth-order valence-corrected chi connectivity index (χ4v) is 4.01. The summed E-state index contributed by atoms with van der Waals surface area (Å²) in [4.78, 5) is 29.3. The van der Waals surface area contributed by atoms with Crippen LogP contribution in [-0.4, -0.2) is 42.9 Å². The lowest BCUT2D eigenvalue weighted by Gasteiger charge is -2.35. The average Bonchev–Trinajstić information content (AvgIpc) is 3.32. The minimum Gasteiger partial charge on any atom is -0.467 e. The highest BCUT2D eigenvalue weighted by atomic mass is 19.1. The van der Waals surface area contributed by atoms with Crippen molar-refractivity contribution in [1.82, 2.24) is 10.2 Å².